The first kappa shape index (κ1) is 16.1. The minimum absolute atomic E-state index is 0.0201. The highest BCUT2D eigenvalue weighted by Gasteiger charge is 2.27. The normalized spacial score (nSPS) is 12.6. The summed E-state index contributed by atoms with van der Waals surface area (Å²) < 4.78 is 23.1. The second-order valence-corrected chi connectivity index (χ2v) is 8.45. The van der Waals surface area contributed by atoms with E-state index >= 15 is 0 Å². The maximum atomic E-state index is 11.9. The van der Waals surface area contributed by atoms with Crippen LogP contribution in [0.3, 0.4) is 0 Å². The molecule has 0 heterocycles. The molecule has 0 aliphatic rings. The van der Waals surface area contributed by atoms with E-state index < -0.39 is 14.6 Å². The minimum atomic E-state index is -3.07. The predicted molar refractivity (Wildman–Crippen MR) is 77.6 cm³/mol. The third-order valence-corrected chi connectivity index (χ3v) is 5.59. The molecule has 0 saturated heterocycles. The number of rotatable bonds is 6. The molecular weight excluding hydrogens is 262 g/mol. The van der Waals surface area contributed by atoms with Crippen molar-refractivity contribution in [2.75, 3.05) is 12.3 Å². The number of benzene rings is 1. The second kappa shape index (κ2) is 6.50. The molecule has 2 N–H and O–H groups in total. The van der Waals surface area contributed by atoms with Crippen LogP contribution in [0.5, 0.6) is 0 Å². The van der Waals surface area contributed by atoms with Gasteiger partial charge in [-0.05, 0) is 31.9 Å². The van der Waals surface area contributed by atoms with Gasteiger partial charge in [0.25, 0.3) is 0 Å². The maximum Gasteiger partial charge on any atom is 0.156 e. The molecule has 0 spiro atoms. The molecule has 108 valence electrons. The van der Waals surface area contributed by atoms with Crippen molar-refractivity contribution in [2.24, 2.45) is 0 Å². The van der Waals surface area contributed by atoms with Crippen LogP contribution < -0.4 is 5.32 Å². The summed E-state index contributed by atoms with van der Waals surface area (Å²) in [4.78, 5) is 0. The van der Waals surface area contributed by atoms with Crippen molar-refractivity contribution in [1.82, 2.24) is 5.32 Å². The molecule has 0 aliphatic carbocycles. The number of nitrogens with one attached hydrogen (secondary N) is 1. The van der Waals surface area contributed by atoms with Gasteiger partial charge in [0.15, 0.2) is 9.84 Å². The van der Waals surface area contributed by atoms with Gasteiger partial charge in [0.1, 0.15) is 0 Å². The lowest BCUT2D eigenvalue weighted by Gasteiger charge is -2.19. The van der Waals surface area contributed by atoms with Gasteiger partial charge in [0.2, 0.25) is 0 Å². The van der Waals surface area contributed by atoms with Gasteiger partial charge < -0.3 is 10.4 Å². The number of hydrogen-bond acceptors (Lipinski definition) is 4. The molecule has 5 heteroatoms. The van der Waals surface area contributed by atoms with Crippen LogP contribution in [-0.4, -0.2) is 30.6 Å². The first-order valence-electron chi connectivity index (χ1n) is 6.38. The summed E-state index contributed by atoms with van der Waals surface area (Å²) in [6.07, 6.45) is 0. The standard InChI is InChI=1S/C14H23NO3S/c1-14(2,3)19(17,18)8-7-15-10-12-5-4-6-13(9-12)11-16/h4-6,9,15-16H,7-8,10-11H2,1-3H3. The quantitative estimate of drug-likeness (QED) is 0.777. The number of sulfone groups is 1. The molecule has 0 saturated carbocycles. The highest BCUT2D eigenvalue weighted by atomic mass is 32.2. The van der Waals surface area contributed by atoms with Crippen LogP contribution in [0.25, 0.3) is 0 Å². The van der Waals surface area contributed by atoms with Crippen molar-refractivity contribution in [3.05, 3.63) is 35.4 Å². The average molecular weight is 285 g/mol. The summed E-state index contributed by atoms with van der Waals surface area (Å²) in [5.74, 6) is 0.135. The third kappa shape index (κ3) is 4.93. The Labute approximate surface area is 115 Å². The Kier molecular flexibility index (Phi) is 5.52. The molecule has 19 heavy (non-hydrogen) atoms. The van der Waals surface area contributed by atoms with Crippen molar-refractivity contribution in [3.8, 4) is 0 Å². The van der Waals surface area contributed by atoms with E-state index in [1.54, 1.807) is 20.8 Å². The zero-order valence-electron chi connectivity index (χ0n) is 11.8. The van der Waals surface area contributed by atoms with Crippen molar-refractivity contribution in [1.29, 1.82) is 0 Å². The average Bonchev–Trinajstić information content (AvgIpc) is 2.33. The van der Waals surface area contributed by atoms with Crippen molar-refractivity contribution >= 4 is 9.84 Å². The predicted octanol–water partition coefficient (Wildman–Crippen LogP) is 1.48. The Balaban J connectivity index is 2.43. The second-order valence-electron chi connectivity index (χ2n) is 5.59. The van der Waals surface area contributed by atoms with Crippen molar-refractivity contribution in [2.45, 2.75) is 38.7 Å². The Morgan fingerprint density at radius 3 is 2.42 bits per heavy atom. The fourth-order valence-corrected chi connectivity index (χ4v) is 2.61. The van der Waals surface area contributed by atoms with Crippen molar-refractivity contribution < 1.29 is 13.5 Å². The molecule has 0 atom stereocenters. The van der Waals surface area contributed by atoms with Gasteiger partial charge >= 0.3 is 0 Å². The van der Waals surface area contributed by atoms with Gasteiger partial charge in [-0.25, -0.2) is 8.42 Å². The summed E-state index contributed by atoms with van der Waals surface area (Å²) in [5.41, 5.74) is 1.90. The monoisotopic (exact) mass is 285 g/mol. The van der Waals surface area contributed by atoms with Gasteiger partial charge in [-0.1, -0.05) is 24.3 Å². The van der Waals surface area contributed by atoms with Crippen LogP contribution in [-0.2, 0) is 23.0 Å². The molecule has 0 aromatic heterocycles. The van der Waals surface area contributed by atoms with Gasteiger partial charge in [0.05, 0.1) is 17.1 Å². The molecule has 1 rings (SSSR count). The Morgan fingerprint density at radius 2 is 1.84 bits per heavy atom. The lowest BCUT2D eigenvalue weighted by Crippen LogP contribution is -2.34. The van der Waals surface area contributed by atoms with E-state index in [1.165, 1.54) is 0 Å². The zero-order valence-corrected chi connectivity index (χ0v) is 12.6. The fourth-order valence-electron chi connectivity index (χ4n) is 1.58. The Hall–Kier alpha value is -0.910. The van der Waals surface area contributed by atoms with Gasteiger partial charge in [-0.3, -0.25) is 0 Å². The smallest absolute Gasteiger partial charge is 0.156 e. The fraction of sp³-hybridized carbons (Fsp3) is 0.571. The van der Waals surface area contributed by atoms with Crippen LogP contribution in [0, 0.1) is 0 Å². The third-order valence-electron chi connectivity index (χ3n) is 2.98. The Morgan fingerprint density at radius 1 is 1.21 bits per heavy atom. The lowest BCUT2D eigenvalue weighted by molar-refractivity contribution is 0.281. The highest BCUT2D eigenvalue weighted by Crippen LogP contribution is 2.15. The molecule has 0 aliphatic heterocycles. The topological polar surface area (TPSA) is 66.4 Å². The first-order valence-corrected chi connectivity index (χ1v) is 8.03. The minimum Gasteiger partial charge on any atom is -0.392 e. The number of hydrogen-bond donors (Lipinski definition) is 2. The molecule has 0 radical (unpaired) electrons. The van der Waals surface area contributed by atoms with Crippen LogP contribution in [0.15, 0.2) is 24.3 Å². The summed E-state index contributed by atoms with van der Waals surface area (Å²) in [7, 11) is -3.07. The van der Waals surface area contributed by atoms with E-state index in [-0.39, 0.29) is 12.4 Å². The van der Waals surface area contributed by atoms with Gasteiger partial charge in [-0.15, -0.1) is 0 Å². The van der Waals surface area contributed by atoms with E-state index in [9.17, 15) is 8.42 Å². The first-order chi connectivity index (χ1) is 8.76. The molecule has 1 aromatic rings. The van der Waals surface area contributed by atoms with Crippen LogP contribution in [0.1, 0.15) is 31.9 Å². The SMILES string of the molecule is CC(C)(C)S(=O)(=O)CCNCc1cccc(CO)c1. The van der Waals surface area contributed by atoms with Crippen LogP contribution in [0.4, 0.5) is 0 Å². The molecular formula is C14H23NO3S. The maximum absolute atomic E-state index is 11.9. The number of aliphatic hydroxyl groups excluding tert-OH is 1. The molecule has 0 amide bonds. The van der Waals surface area contributed by atoms with E-state index in [0.717, 1.165) is 11.1 Å². The molecule has 0 bridgehead atoms. The van der Waals surface area contributed by atoms with E-state index in [0.29, 0.717) is 13.1 Å². The Bertz CT molecular complexity index is 504. The van der Waals surface area contributed by atoms with Gasteiger partial charge in [-0.2, -0.15) is 0 Å². The van der Waals surface area contributed by atoms with E-state index in [1.807, 2.05) is 24.3 Å². The summed E-state index contributed by atoms with van der Waals surface area (Å²) in [6, 6.07) is 7.59. The molecule has 4 nitrogen and oxygen atoms in total. The molecule has 0 fully saturated rings. The summed E-state index contributed by atoms with van der Waals surface area (Å²) in [5, 5.41) is 12.2. The van der Waals surface area contributed by atoms with E-state index in [4.69, 9.17) is 5.11 Å². The van der Waals surface area contributed by atoms with Crippen LogP contribution >= 0.6 is 0 Å². The number of aliphatic hydroxyl groups is 1. The summed E-state index contributed by atoms with van der Waals surface area (Å²) in [6.45, 7) is 6.20. The highest BCUT2D eigenvalue weighted by molar-refractivity contribution is 7.92. The lowest BCUT2D eigenvalue weighted by atomic mass is 10.1. The summed E-state index contributed by atoms with van der Waals surface area (Å²) >= 11 is 0. The van der Waals surface area contributed by atoms with Crippen molar-refractivity contribution in [3.63, 3.8) is 0 Å². The van der Waals surface area contributed by atoms with E-state index in [2.05, 4.69) is 5.32 Å². The van der Waals surface area contributed by atoms with Gasteiger partial charge in [0, 0.05) is 13.1 Å². The molecule has 0 unspecified atom stereocenters. The largest absolute Gasteiger partial charge is 0.392 e. The molecule has 1 aromatic carbocycles. The van der Waals surface area contributed by atoms with Crippen LogP contribution in [0.2, 0.25) is 0 Å². The zero-order chi connectivity index (χ0) is 14.5.